The summed E-state index contributed by atoms with van der Waals surface area (Å²) < 4.78 is 15.4. The highest BCUT2D eigenvalue weighted by Gasteiger charge is 2.31. The van der Waals surface area contributed by atoms with Gasteiger partial charge in [0, 0.05) is 56.8 Å². The van der Waals surface area contributed by atoms with Gasteiger partial charge in [-0.25, -0.2) is 4.98 Å². The Balaban J connectivity index is 0.881. The summed E-state index contributed by atoms with van der Waals surface area (Å²) in [7, 11) is 0. The van der Waals surface area contributed by atoms with E-state index in [2.05, 4.69) is 277 Å². The highest BCUT2D eigenvalue weighted by atomic mass is 16.5. The molecule has 9 aromatic carbocycles. The number of benzene rings is 9. The molecule has 0 bridgehead atoms. The molecule has 1 aliphatic rings. The zero-order valence-corrected chi connectivity index (χ0v) is 46.0. The topological polar surface area (TPSA) is 46.7 Å². The molecule has 0 saturated heterocycles. The Morgan fingerprint density at radius 3 is 1.78 bits per heavy atom. The molecule has 78 heavy (non-hydrogen) atoms. The Labute approximate surface area is 457 Å². The van der Waals surface area contributed by atoms with Crippen molar-refractivity contribution in [1.29, 1.82) is 0 Å². The van der Waals surface area contributed by atoms with Crippen LogP contribution >= 0.6 is 0 Å². The molecule has 0 spiro atoms. The van der Waals surface area contributed by atoms with Crippen LogP contribution in [0.2, 0.25) is 0 Å². The number of ether oxygens (including phenoxy) is 1. The quantitative estimate of drug-likeness (QED) is 0.152. The lowest BCUT2D eigenvalue weighted by Crippen LogP contribution is -2.25. The van der Waals surface area contributed by atoms with Gasteiger partial charge >= 0.3 is 0 Å². The number of anilines is 4. The van der Waals surface area contributed by atoms with E-state index in [4.69, 9.17) is 14.1 Å². The summed E-state index contributed by atoms with van der Waals surface area (Å²) in [6.07, 6.45) is 2.08. The average Bonchev–Trinajstić information content (AvgIpc) is 4.34. The number of rotatable bonds is 8. The first-order chi connectivity index (χ1) is 37.5. The van der Waals surface area contributed by atoms with E-state index in [1.165, 1.54) is 33.6 Å². The summed E-state index contributed by atoms with van der Waals surface area (Å²) in [5, 5.41) is 4.52. The predicted molar refractivity (Wildman–Crippen MR) is 327 cm³/mol. The lowest BCUT2D eigenvalue weighted by Gasteiger charge is -2.29. The SMILES string of the molecule is CC(C)(C)c1cc(N2CN(c3cccc(Oc4ccc5c6cc(-c7ccccc7)ccc6n(-c6cc(C(C)(C)C)c(-c7cccc(-c8ccc9oc%10ccccc%10c9c8)c7)cn6)c5c4)c3)c3ccccc32)cc(C(C)(C)C)c1. The zero-order valence-electron chi connectivity index (χ0n) is 46.0. The van der Waals surface area contributed by atoms with Gasteiger partial charge in [-0.15, -0.1) is 0 Å². The van der Waals surface area contributed by atoms with Crippen molar-refractivity contribution in [3.8, 4) is 50.7 Å². The number of para-hydroxylation sites is 3. The Bertz CT molecular complexity index is 4260. The molecule has 0 amide bonds. The van der Waals surface area contributed by atoms with E-state index < -0.39 is 0 Å². The van der Waals surface area contributed by atoms with Crippen LogP contribution in [0.1, 0.15) is 79.0 Å². The van der Waals surface area contributed by atoms with Crippen LogP contribution in [-0.2, 0) is 16.2 Å². The second kappa shape index (κ2) is 18.4. The molecular weight excluding hydrogens is 953 g/mol. The fraction of sp³-hybridized carbons (Fsp3) is 0.181. The monoisotopic (exact) mass is 1020 g/mol. The number of pyridine rings is 1. The molecule has 0 radical (unpaired) electrons. The fourth-order valence-corrected chi connectivity index (χ4v) is 11.5. The molecule has 1 aliphatic heterocycles. The first-order valence-corrected chi connectivity index (χ1v) is 27.3. The van der Waals surface area contributed by atoms with Crippen LogP contribution in [0.3, 0.4) is 0 Å². The van der Waals surface area contributed by atoms with E-state index in [0.29, 0.717) is 6.67 Å². The standard InChI is InChI=1S/C72H64N4O2/c1-70(2,3)51-38-52(71(4,5)6)40-54(39-51)75-45-74(64-26-14-15-27-65(64)75)53-23-18-24-55(41-53)77-56-31-32-57-59-36-48(46-19-11-10-12-20-46)29-33-63(59)76(66(57)42-56)69-43-62(72(7,8)9)61(44-73-69)50-22-17-21-47(35-50)49-30-34-68-60(37-49)58-25-13-16-28-67(58)78-68/h10-44H,45H2,1-9H3. The Morgan fingerprint density at radius 2 is 1.03 bits per heavy atom. The Kier molecular flexibility index (Phi) is 11.5. The highest BCUT2D eigenvalue weighted by Crippen LogP contribution is 2.47. The van der Waals surface area contributed by atoms with E-state index in [9.17, 15) is 0 Å². The molecule has 0 N–H and O–H groups in total. The number of hydrogen-bond donors (Lipinski definition) is 0. The smallest absolute Gasteiger partial charge is 0.137 e. The van der Waals surface area contributed by atoms with Gasteiger partial charge in [0.25, 0.3) is 0 Å². The number of aromatic nitrogens is 2. The van der Waals surface area contributed by atoms with Gasteiger partial charge in [0.2, 0.25) is 0 Å². The fourth-order valence-electron chi connectivity index (χ4n) is 11.5. The van der Waals surface area contributed by atoms with Gasteiger partial charge in [-0.3, -0.25) is 4.57 Å². The lowest BCUT2D eigenvalue weighted by molar-refractivity contribution is 0.483. The van der Waals surface area contributed by atoms with Crippen molar-refractivity contribution in [1.82, 2.24) is 9.55 Å². The van der Waals surface area contributed by atoms with Crippen molar-refractivity contribution in [3.05, 3.63) is 229 Å². The number of hydrogen-bond acceptors (Lipinski definition) is 5. The minimum atomic E-state index is -0.213. The van der Waals surface area contributed by atoms with Crippen molar-refractivity contribution >= 4 is 66.5 Å². The molecule has 0 unspecified atom stereocenters. The van der Waals surface area contributed by atoms with Crippen LogP contribution in [0.25, 0.3) is 82.9 Å². The molecule has 0 atom stereocenters. The molecule has 4 heterocycles. The first kappa shape index (κ1) is 48.8. The molecule has 0 saturated carbocycles. The van der Waals surface area contributed by atoms with Gasteiger partial charge in [0.05, 0.1) is 22.4 Å². The Morgan fingerprint density at radius 1 is 0.410 bits per heavy atom. The predicted octanol–water partition coefficient (Wildman–Crippen LogP) is 20.0. The molecule has 3 aromatic heterocycles. The summed E-state index contributed by atoms with van der Waals surface area (Å²) in [4.78, 5) is 10.2. The molecule has 13 rings (SSSR count). The Hall–Kier alpha value is -8.87. The molecule has 0 aliphatic carbocycles. The third-order valence-corrected chi connectivity index (χ3v) is 15.7. The van der Waals surface area contributed by atoms with E-state index >= 15 is 0 Å². The van der Waals surface area contributed by atoms with E-state index in [-0.39, 0.29) is 16.2 Å². The maximum Gasteiger partial charge on any atom is 0.137 e. The van der Waals surface area contributed by atoms with Crippen LogP contribution in [0, 0.1) is 0 Å². The molecule has 6 heteroatoms. The lowest BCUT2D eigenvalue weighted by atomic mass is 9.80. The first-order valence-electron chi connectivity index (χ1n) is 27.3. The summed E-state index contributed by atoms with van der Waals surface area (Å²) in [6.45, 7) is 21.4. The van der Waals surface area contributed by atoms with Gasteiger partial charge in [-0.05, 0) is 152 Å². The maximum atomic E-state index is 6.94. The van der Waals surface area contributed by atoms with Gasteiger partial charge in [0.15, 0.2) is 0 Å². The second-order valence-corrected chi connectivity index (χ2v) is 24.2. The van der Waals surface area contributed by atoms with Gasteiger partial charge < -0.3 is 19.0 Å². The second-order valence-electron chi connectivity index (χ2n) is 24.2. The minimum absolute atomic E-state index is 0.00254. The normalized spacial score (nSPS) is 13.1. The van der Waals surface area contributed by atoms with Crippen LogP contribution in [-0.4, -0.2) is 16.2 Å². The number of furan rings is 1. The van der Waals surface area contributed by atoms with Gasteiger partial charge in [-0.1, -0.05) is 165 Å². The van der Waals surface area contributed by atoms with Gasteiger partial charge in [0.1, 0.15) is 35.2 Å². The van der Waals surface area contributed by atoms with Crippen LogP contribution in [0.15, 0.2) is 217 Å². The third kappa shape index (κ3) is 8.75. The van der Waals surface area contributed by atoms with Crippen LogP contribution in [0.4, 0.5) is 22.7 Å². The van der Waals surface area contributed by atoms with Crippen molar-refractivity contribution in [2.75, 3.05) is 16.5 Å². The van der Waals surface area contributed by atoms with Crippen LogP contribution < -0.4 is 14.5 Å². The van der Waals surface area contributed by atoms with Gasteiger partial charge in [-0.2, -0.15) is 0 Å². The van der Waals surface area contributed by atoms with Crippen molar-refractivity contribution in [3.63, 3.8) is 0 Å². The van der Waals surface area contributed by atoms with Crippen molar-refractivity contribution in [2.24, 2.45) is 0 Å². The number of nitrogens with zero attached hydrogens (tertiary/aromatic N) is 4. The summed E-state index contributed by atoms with van der Waals surface area (Å²) >= 11 is 0. The van der Waals surface area contributed by atoms with E-state index in [1.54, 1.807) is 0 Å². The van der Waals surface area contributed by atoms with Crippen LogP contribution in [0.5, 0.6) is 11.5 Å². The average molecular weight is 1020 g/mol. The van der Waals surface area contributed by atoms with Crippen molar-refractivity contribution in [2.45, 2.75) is 78.6 Å². The molecule has 12 aromatic rings. The largest absolute Gasteiger partial charge is 0.457 e. The highest BCUT2D eigenvalue weighted by molar-refractivity contribution is 6.11. The number of fused-ring (bicyclic) bond motifs is 7. The minimum Gasteiger partial charge on any atom is -0.457 e. The van der Waals surface area contributed by atoms with E-state index in [1.807, 2.05) is 12.1 Å². The van der Waals surface area contributed by atoms with Crippen molar-refractivity contribution < 1.29 is 9.15 Å². The molecule has 6 nitrogen and oxygen atoms in total. The summed E-state index contributed by atoms with van der Waals surface area (Å²) in [5.74, 6) is 2.36. The maximum absolute atomic E-state index is 6.94. The van der Waals surface area contributed by atoms with E-state index in [0.717, 1.165) is 100 Å². The summed E-state index contributed by atoms with van der Waals surface area (Å²) in [5.41, 5.74) is 19.0. The summed E-state index contributed by atoms with van der Waals surface area (Å²) in [6, 6.07) is 74.2. The molecule has 0 fully saturated rings. The molecule has 384 valence electrons. The zero-order chi connectivity index (χ0) is 53.7. The molecular formula is C72H64N4O2. The third-order valence-electron chi connectivity index (χ3n) is 15.7.